The molecule has 0 aliphatic carbocycles. The lowest BCUT2D eigenvalue weighted by Gasteiger charge is -2.18. The van der Waals surface area contributed by atoms with E-state index < -0.39 is 0 Å². The standard InChI is InChI=1S/C18H20OS2/c1-18(2,3)14-6-4-12(5-7-14)17(19)16-10-13-11-20-9-8-15(13)21-16/h4-7,10H,8-9,11H2,1-3H3. The second kappa shape index (κ2) is 5.62. The van der Waals surface area contributed by atoms with E-state index in [2.05, 4.69) is 39.0 Å². The van der Waals surface area contributed by atoms with Crippen molar-refractivity contribution in [3.8, 4) is 0 Å². The fourth-order valence-corrected chi connectivity index (χ4v) is 4.86. The van der Waals surface area contributed by atoms with Gasteiger partial charge in [-0.05, 0) is 34.8 Å². The minimum Gasteiger partial charge on any atom is -0.288 e. The van der Waals surface area contributed by atoms with Gasteiger partial charge in [0.1, 0.15) is 0 Å². The van der Waals surface area contributed by atoms with Gasteiger partial charge >= 0.3 is 0 Å². The SMILES string of the molecule is CC(C)(C)c1ccc(C(=O)c2cc3c(s2)CCSC3)cc1. The highest BCUT2D eigenvalue weighted by Gasteiger charge is 2.19. The molecule has 1 aliphatic heterocycles. The number of benzene rings is 1. The summed E-state index contributed by atoms with van der Waals surface area (Å²) in [6.45, 7) is 6.57. The monoisotopic (exact) mass is 316 g/mol. The van der Waals surface area contributed by atoms with Crippen LogP contribution < -0.4 is 0 Å². The molecule has 1 aromatic heterocycles. The summed E-state index contributed by atoms with van der Waals surface area (Å²) in [4.78, 5) is 14.9. The minimum atomic E-state index is 0.126. The molecule has 0 saturated heterocycles. The van der Waals surface area contributed by atoms with Crippen LogP contribution in [-0.2, 0) is 17.6 Å². The van der Waals surface area contributed by atoms with Crippen LogP contribution in [0.15, 0.2) is 30.3 Å². The summed E-state index contributed by atoms with van der Waals surface area (Å²) >= 11 is 3.64. The molecule has 0 saturated carbocycles. The summed E-state index contributed by atoms with van der Waals surface area (Å²) in [5.41, 5.74) is 3.56. The second-order valence-corrected chi connectivity index (χ2v) is 8.76. The van der Waals surface area contributed by atoms with E-state index in [0.717, 1.165) is 22.6 Å². The Morgan fingerprint density at radius 3 is 2.48 bits per heavy atom. The molecule has 0 bridgehead atoms. The van der Waals surface area contributed by atoms with Crippen LogP contribution in [0.3, 0.4) is 0 Å². The van der Waals surface area contributed by atoms with Gasteiger partial charge in [0.15, 0.2) is 0 Å². The molecule has 2 aromatic rings. The first-order chi connectivity index (χ1) is 9.95. The maximum Gasteiger partial charge on any atom is 0.202 e. The summed E-state index contributed by atoms with van der Waals surface area (Å²) in [5.74, 6) is 2.41. The molecule has 0 atom stereocenters. The van der Waals surface area contributed by atoms with Gasteiger partial charge in [-0.25, -0.2) is 0 Å². The summed E-state index contributed by atoms with van der Waals surface area (Å²) in [5, 5.41) is 0. The molecular formula is C18H20OS2. The normalized spacial score (nSPS) is 14.8. The van der Waals surface area contributed by atoms with E-state index in [-0.39, 0.29) is 11.2 Å². The van der Waals surface area contributed by atoms with E-state index in [0.29, 0.717) is 0 Å². The van der Waals surface area contributed by atoms with Gasteiger partial charge in [0.05, 0.1) is 4.88 Å². The number of carbonyl (C=O) groups is 1. The molecule has 110 valence electrons. The Kier molecular flexibility index (Phi) is 3.98. The van der Waals surface area contributed by atoms with Crippen LogP contribution in [0, 0.1) is 0 Å². The van der Waals surface area contributed by atoms with Crippen LogP contribution >= 0.6 is 23.1 Å². The molecule has 1 aliphatic rings. The lowest BCUT2D eigenvalue weighted by molar-refractivity contribution is 0.104. The highest BCUT2D eigenvalue weighted by Crippen LogP contribution is 2.33. The summed E-state index contributed by atoms with van der Waals surface area (Å²) in [6, 6.07) is 10.2. The Balaban J connectivity index is 1.86. The van der Waals surface area contributed by atoms with Gasteiger partial charge in [-0.2, -0.15) is 11.8 Å². The lowest BCUT2D eigenvalue weighted by Crippen LogP contribution is -2.11. The number of hydrogen-bond acceptors (Lipinski definition) is 3. The Hall–Kier alpha value is -1.06. The summed E-state index contributed by atoms with van der Waals surface area (Å²) < 4.78 is 0. The van der Waals surface area contributed by atoms with Crippen molar-refractivity contribution in [2.24, 2.45) is 0 Å². The Labute approximate surface area is 134 Å². The smallest absolute Gasteiger partial charge is 0.202 e. The average Bonchev–Trinajstić information content (AvgIpc) is 2.89. The van der Waals surface area contributed by atoms with Crippen LogP contribution in [0.25, 0.3) is 0 Å². The summed E-state index contributed by atoms with van der Waals surface area (Å²) in [6.07, 6.45) is 1.11. The topological polar surface area (TPSA) is 17.1 Å². The third-order valence-electron chi connectivity index (χ3n) is 3.86. The molecule has 1 aromatic carbocycles. The van der Waals surface area contributed by atoms with Crippen molar-refractivity contribution < 1.29 is 4.79 Å². The first-order valence-corrected chi connectivity index (χ1v) is 9.27. The minimum absolute atomic E-state index is 0.126. The number of hydrogen-bond donors (Lipinski definition) is 0. The molecule has 3 heteroatoms. The average molecular weight is 316 g/mol. The molecule has 0 unspecified atom stereocenters. The van der Waals surface area contributed by atoms with E-state index in [4.69, 9.17) is 0 Å². The Morgan fingerprint density at radius 2 is 1.86 bits per heavy atom. The number of thioether (sulfide) groups is 1. The fraction of sp³-hybridized carbons (Fsp3) is 0.389. The molecule has 0 amide bonds. The molecule has 3 rings (SSSR count). The highest BCUT2D eigenvalue weighted by molar-refractivity contribution is 7.98. The zero-order valence-corrected chi connectivity index (χ0v) is 14.4. The zero-order valence-electron chi connectivity index (χ0n) is 12.7. The van der Waals surface area contributed by atoms with Crippen LogP contribution in [0.1, 0.15) is 52.0 Å². The van der Waals surface area contributed by atoms with Gasteiger partial charge in [0, 0.05) is 16.2 Å². The van der Waals surface area contributed by atoms with Crippen LogP contribution in [0.4, 0.5) is 0 Å². The first-order valence-electron chi connectivity index (χ1n) is 7.30. The second-order valence-electron chi connectivity index (χ2n) is 6.52. The van der Waals surface area contributed by atoms with Crippen molar-refractivity contribution in [1.82, 2.24) is 0 Å². The summed E-state index contributed by atoms with van der Waals surface area (Å²) in [7, 11) is 0. The predicted octanol–water partition coefficient (Wildman–Crippen LogP) is 5.07. The van der Waals surface area contributed by atoms with Crippen molar-refractivity contribution in [2.75, 3.05) is 5.75 Å². The van der Waals surface area contributed by atoms with E-state index in [1.807, 2.05) is 23.9 Å². The van der Waals surface area contributed by atoms with Crippen molar-refractivity contribution >= 4 is 28.9 Å². The van der Waals surface area contributed by atoms with Crippen molar-refractivity contribution in [3.05, 3.63) is 56.8 Å². The molecule has 0 fully saturated rings. The third kappa shape index (κ3) is 3.09. The molecule has 1 nitrogen and oxygen atoms in total. The van der Waals surface area contributed by atoms with E-state index in [1.54, 1.807) is 11.3 Å². The van der Waals surface area contributed by atoms with Crippen LogP contribution in [0.2, 0.25) is 0 Å². The Morgan fingerprint density at radius 1 is 1.14 bits per heavy atom. The number of fused-ring (bicyclic) bond motifs is 1. The predicted molar refractivity (Wildman–Crippen MR) is 92.8 cm³/mol. The maximum atomic E-state index is 12.6. The molecule has 0 spiro atoms. The number of aryl methyl sites for hydroxylation is 1. The van der Waals surface area contributed by atoms with Gasteiger partial charge < -0.3 is 0 Å². The molecule has 0 radical (unpaired) electrons. The van der Waals surface area contributed by atoms with Crippen molar-refractivity contribution in [2.45, 2.75) is 38.4 Å². The van der Waals surface area contributed by atoms with Gasteiger partial charge in [0.2, 0.25) is 5.78 Å². The van der Waals surface area contributed by atoms with E-state index in [1.165, 1.54) is 21.8 Å². The molecular weight excluding hydrogens is 296 g/mol. The van der Waals surface area contributed by atoms with Gasteiger partial charge in [0.25, 0.3) is 0 Å². The lowest BCUT2D eigenvalue weighted by atomic mass is 9.86. The largest absolute Gasteiger partial charge is 0.288 e. The molecule has 2 heterocycles. The van der Waals surface area contributed by atoms with Crippen molar-refractivity contribution in [1.29, 1.82) is 0 Å². The van der Waals surface area contributed by atoms with Crippen LogP contribution in [0.5, 0.6) is 0 Å². The van der Waals surface area contributed by atoms with Crippen molar-refractivity contribution in [3.63, 3.8) is 0 Å². The molecule has 21 heavy (non-hydrogen) atoms. The van der Waals surface area contributed by atoms with Gasteiger partial charge in [-0.1, -0.05) is 45.0 Å². The number of thiophene rings is 1. The van der Waals surface area contributed by atoms with E-state index in [9.17, 15) is 4.79 Å². The first kappa shape index (κ1) is 14.9. The maximum absolute atomic E-state index is 12.6. The number of rotatable bonds is 2. The molecule has 0 N–H and O–H groups in total. The van der Waals surface area contributed by atoms with Gasteiger partial charge in [-0.3, -0.25) is 4.79 Å². The zero-order chi connectivity index (χ0) is 15.0. The number of ketones is 1. The van der Waals surface area contributed by atoms with Crippen LogP contribution in [-0.4, -0.2) is 11.5 Å². The third-order valence-corrected chi connectivity index (χ3v) is 6.11. The van der Waals surface area contributed by atoms with E-state index >= 15 is 0 Å². The Bertz CT molecular complexity index is 636. The van der Waals surface area contributed by atoms with Gasteiger partial charge in [-0.15, -0.1) is 11.3 Å². The highest BCUT2D eigenvalue weighted by atomic mass is 32.2. The fourth-order valence-electron chi connectivity index (χ4n) is 2.52. The number of carbonyl (C=O) groups excluding carboxylic acids is 1. The quantitative estimate of drug-likeness (QED) is 0.720.